The number of halogens is 1. The Morgan fingerprint density at radius 3 is 2.30 bits per heavy atom. The maximum Gasteiger partial charge on any atom is 0.248 e. The first-order valence-electron chi connectivity index (χ1n) is 20.4. The second kappa shape index (κ2) is 16.6. The van der Waals surface area contributed by atoms with Crippen LogP contribution >= 0.6 is 0 Å². The number of benzene rings is 4. The minimum Gasteiger partial charge on any atom is -0.508 e. The van der Waals surface area contributed by atoms with Crippen molar-refractivity contribution in [1.82, 2.24) is 10.2 Å². The van der Waals surface area contributed by atoms with Gasteiger partial charge in [0.05, 0.1) is 6.61 Å². The number of piperidine rings is 2. The van der Waals surface area contributed by atoms with Crippen molar-refractivity contribution < 1.29 is 28.6 Å². The highest BCUT2D eigenvalue weighted by Crippen LogP contribution is 2.47. The molecule has 0 spiro atoms. The number of imide groups is 1. The fourth-order valence-corrected chi connectivity index (χ4v) is 9.38. The molecule has 0 saturated carbocycles. The third kappa shape index (κ3) is 8.49. The van der Waals surface area contributed by atoms with Crippen LogP contribution in [0.4, 0.5) is 15.8 Å². The number of piperazine rings is 1. The molecule has 298 valence electrons. The summed E-state index contributed by atoms with van der Waals surface area (Å²) < 4.78 is 20.4. The predicted octanol–water partition coefficient (Wildman–Crippen LogP) is 6.27. The van der Waals surface area contributed by atoms with Crippen molar-refractivity contribution in [3.05, 3.63) is 118 Å². The third-order valence-corrected chi connectivity index (χ3v) is 12.7. The normalized spacial score (nSPS) is 21.8. The summed E-state index contributed by atoms with van der Waals surface area (Å²) in [5.41, 5.74) is 13.2. The van der Waals surface area contributed by atoms with Gasteiger partial charge in [0.25, 0.3) is 0 Å². The molecule has 3 fully saturated rings. The van der Waals surface area contributed by atoms with Crippen LogP contribution in [-0.4, -0.2) is 80.1 Å². The summed E-state index contributed by atoms with van der Waals surface area (Å²) in [6.45, 7) is 9.07. The Labute approximate surface area is 333 Å². The Bertz CT molecular complexity index is 2130. The molecule has 4 aromatic rings. The van der Waals surface area contributed by atoms with Gasteiger partial charge in [-0.15, -0.1) is 0 Å². The molecule has 0 bridgehead atoms. The van der Waals surface area contributed by atoms with E-state index in [4.69, 9.17) is 10.5 Å². The SMILES string of the molecule is Cc1cc([C@H]2COc3cc(O)ccc3[C@H]2c2ccc(N3CCC(CN4CCN(c5ccc(C(N)=O)c(CC[C@H]6CCC(=O)NC6=O)c5)CC4)CC3)cc2)ccc1F. The van der Waals surface area contributed by atoms with Crippen molar-refractivity contribution in [2.24, 2.45) is 17.6 Å². The molecule has 4 aliphatic rings. The van der Waals surface area contributed by atoms with Crippen molar-refractivity contribution in [1.29, 1.82) is 0 Å². The molecule has 3 saturated heterocycles. The van der Waals surface area contributed by atoms with Gasteiger partial charge in [-0.25, -0.2) is 4.39 Å². The largest absolute Gasteiger partial charge is 0.508 e. The molecule has 3 amide bonds. The lowest BCUT2D eigenvalue weighted by atomic mass is 9.75. The van der Waals surface area contributed by atoms with E-state index in [1.807, 2.05) is 30.3 Å². The number of aromatic hydroxyl groups is 1. The summed E-state index contributed by atoms with van der Waals surface area (Å²) in [5.74, 6) is 0.127. The van der Waals surface area contributed by atoms with Gasteiger partial charge in [-0.05, 0) is 110 Å². The Kier molecular flexibility index (Phi) is 11.2. The zero-order valence-electron chi connectivity index (χ0n) is 32.6. The third-order valence-electron chi connectivity index (χ3n) is 12.7. The van der Waals surface area contributed by atoms with E-state index in [0.717, 1.165) is 81.0 Å². The number of carbonyl (C=O) groups excluding carboxylic acids is 3. The van der Waals surface area contributed by atoms with Crippen LogP contribution in [0.1, 0.15) is 82.1 Å². The number of amides is 3. The van der Waals surface area contributed by atoms with Gasteiger partial charge >= 0.3 is 0 Å². The Hall–Kier alpha value is -5.42. The average Bonchev–Trinajstić information content (AvgIpc) is 3.21. The first-order valence-corrected chi connectivity index (χ1v) is 20.4. The number of carbonyl (C=O) groups is 3. The fraction of sp³-hybridized carbons (Fsp3) is 0.413. The summed E-state index contributed by atoms with van der Waals surface area (Å²) in [4.78, 5) is 43.6. The molecule has 0 radical (unpaired) electrons. The summed E-state index contributed by atoms with van der Waals surface area (Å²) in [7, 11) is 0. The lowest BCUT2D eigenvalue weighted by Gasteiger charge is -2.40. The molecule has 8 rings (SSSR count). The highest BCUT2D eigenvalue weighted by molar-refractivity contribution is 5.98. The molecule has 4 heterocycles. The van der Waals surface area contributed by atoms with Crippen LogP contribution in [0.25, 0.3) is 0 Å². The van der Waals surface area contributed by atoms with Crippen LogP contribution in [0.2, 0.25) is 0 Å². The van der Waals surface area contributed by atoms with Gasteiger partial charge in [-0.3, -0.25) is 24.6 Å². The number of nitrogens with two attached hydrogens (primary N) is 1. The van der Waals surface area contributed by atoms with Gasteiger partial charge in [0, 0.05) is 98.6 Å². The van der Waals surface area contributed by atoms with Gasteiger partial charge in [0.1, 0.15) is 17.3 Å². The smallest absolute Gasteiger partial charge is 0.248 e. The number of primary amides is 1. The quantitative estimate of drug-likeness (QED) is 0.161. The number of phenolic OH excluding ortho intramolecular Hbond substituents is 1. The molecular weight excluding hydrogens is 722 g/mol. The van der Waals surface area contributed by atoms with Crippen LogP contribution in [-0.2, 0) is 16.0 Å². The highest BCUT2D eigenvalue weighted by Gasteiger charge is 2.34. The molecule has 0 aromatic heterocycles. The van der Waals surface area contributed by atoms with Gasteiger partial charge < -0.3 is 25.4 Å². The first kappa shape index (κ1) is 38.5. The Balaban J connectivity index is 0.853. The number of nitrogens with zero attached hydrogens (tertiary/aromatic N) is 3. The molecule has 4 N–H and O–H groups in total. The summed E-state index contributed by atoms with van der Waals surface area (Å²) >= 11 is 0. The van der Waals surface area contributed by atoms with Gasteiger partial charge in [0.15, 0.2) is 0 Å². The van der Waals surface area contributed by atoms with E-state index in [2.05, 4.69) is 50.3 Å². The molecule has 4 aliphatic heterocycles. The summed E-state index contributed by atoms with van der Waals surface area (Å²) in [5, 5.41) is 12.6. The zero-order valence-corrected chi connectivity index (χ0v) is 32.6. The second-order valence-corrected chi connectivity index (χ2v) is 16.3. The van der Waals surface area contributed by atoms with Crippen molar-refractivity contribution in [2.75, 3.05) is 62.2 Å². The van der Waals surface area contributed by atoms with E-state index in [9.17, 15) is 23.9 Å². The minimum absolute atomic E-state index is 0.000936. The van der Waals surface area contributed by atoms with Crippen LogP contribution < -0.4 is 25.6 Å². The number of rotatable bonds is 10. The number of hydrogen-bond acceptors (Lipinski definition) is 8. The van der Waals surface area contributed by atoms with E-state index in [1.54, 1.807) is 25.1 Å². The molecule has 10 nitrogen and oxygen atoms in total. The molecule has 4 aromatic carbocycles. The molecule has 3 atom stereocenters. The number of hydrogen-bond donors (Lipinski definition) is 3. The Morgan fingerprint density at radius 2 is 1.58 bits per heavy atom. The van der Waals surface area contributed by atoms with Crippen LogP contribution in [0, 0.1) is 24.6 Å². The first-order chi connectivity index (χ1) is 27.6. The average molecular weight is 774 g/mol. The molecule has 11 heteroatoms. The molecule has 0 unspecified atom stereocenters. The van der Waals surface area contributed by atoms with E-state index in [0.29, 0.717) is 55.1 Å². The second-order valence-electron chi connectivity index (χ2n) is 16.3. The summed E-state index contributed by atoms with van der Waals surface area (Å²) in [6, 6.07) is 25.4. The van der Waals surface area contributed by atoms with Crippen molar-refractivity contribution >= 4 is 29.1 Å². The van der Waals surface area contributed by atoms with Gasteiger partial charge in [-0.2, -0.15) is 0 Å². The van der Waals surface area contributed by atoms with Crippen molar-refractivity contribution in [3.63, 3.8) is 0 Å². The Morgan fingerprint density at radius 1 is 0.860 bits per heavy atom. The minimum atomic E-state index is -0.469. The maximum absolute atomic E-state index is 14.2. The van der Waals surface area contributed by atoms with E-state index < -0.39 is 5.91 Å². The number of phenols is 1. The zero-order chi connectivity index (χ0) is 39.6. The number of nitrogens with one attached hydrogen (secondary N) is 1. The lowest BCUT2D eigenvalue weighted by Crippen LogP contribution is -2.49. The highest BCUT2D eigenvalue weighted by atomic mass is 19.1. The van der Waals surface area contributed by atoms with Crippen molar-refractivity contribution in [2.45, 2.75) is 57.3 Å². The van der Waals surface area contributed by atoms with Gasteiger partial charge in [-0.1, -0.05) is 30.3 Å². The fourth-order valence-electron chi connectivity index (χ4n) is 9.38. The number of ether oxygens (including phenoxy) is 1. The van der Waals surface area contributed by atoms with Crippen molar-refractivity contribution in [3.8, 4) is 11.5 Å². The number of fused-ring (bicyclic) bond motifs is 1. The molecular formula is C46H52FN5O5. The lowest BCUT2D eigenvalue weighted by molar-refractivity contribution is -0.136. The maximum atomic E-state index is 14.2. The number of anilines is 2. The topological polar surface area (TPSA) is 128 Å². The monoisotopic (exact) mass is 773 g/mol. The molecule has 57 heavy (non-hydrogen) atoms. The van der Waals surface area contributed by atoms with E-state index in [1.165, 1.54) is 11.3 Å². The predicted molar refractivity (Wildman–Crippen MR) is 219 cm³/mol. The van der Waals surface area contributed by atoms with Crippen LogP contribution in [0.3, 0.4) is 0 Å². The van der Waals surface area contributed by atoms with E-state index >= 15 is 0 Å². The van der Waals surface area contributed by atoms with Crippen LogP contribution in [0.15, 0.2) is 78.9 Å². The summed E-state index contributed by atoms with van der Waals surface area (Å²) in [6.07, 6.45) is 4.27. The standard InChI is InChI=1S/C46H52FN5O5/c1-29-24-33(6-14-41(29)47)40-28-57-42-26-37(53)11-13-39(42)44(40)31-4-8-35(9-5-31)51-18-16-30(17-19-51)27-50-20-22-52(23-21-50)36-10-12-38(45(48)55)34(25-36)3-2-32-7-15-43(54)49-46(32)56/h4-6,8-14,24-26,30,32,40,44,53H,2-3,7,15-23,27-28H2,1H3,(H2,48,55)(H,49,54,56)/t32-,40+,44+/m0/s1. The van der Waals surface area contributed by atoms with Gasteiger partial charge in [0.2, 0.25) is 17.7 Å². The van der Waals surface area contributed by atoms with Crippen LogP contribution in [0.5, 0.6) is 11.5 Å². The van der Waals surface area contributed by atoms with E-state index in [-0.39, 0.29) is 41.1 Å². The number of aryl methyl sites for hydroxylation is 2. The molecule has 0 aliphatic carbocycles.